The van der Waals surface area contributed by atoms with E-state index in [1.807, 2.05) is 60.7 Å². The number of aromatic nitrogens is 2. The number of carbonyl (C=O) groups is 1. The molecule has 0 spiro atoms. The van der Waals surface area contributed by atoms with E-state index >= 15 is 0 Å². The van der Waals surface area contributed by atoms with Gasteiger partial charge in [0.25, 0.3) is 0 Å². The van der Waals surface area contributed by atoms with Crippen LogP contribution < -0.4 is 10.1 Å². The van der Waals surface area contributed by atoms with Crippen LogP contribution in [0.1, 0.15) is 29.7 Å². The Bertz CT molecular complexity index is 1300. The predicted molar refractivity (Wildman–Crippen MR) is 117 cm³/mol. The molecule has 3 atom stereocenters. The topological polar surface area (TPSA) is 69.3 Å². The summed E-state index contributed by atoms with van der Waals surface area (Å²) < 4.78 is 13.2. The Balaban J connectivity index is 1.50. The Hall–Kier alpha value is -3.80. The van der Waals surface area contributed by atoms with Gasteiger partial charge in [-0.1, -0.05) is 30.3 Å². The number of allylic oxidation sites excluding steroid dienone is 2. The second-order valence-corrected chi connectivity index (χ2v) is 8.03. The molecule has 0 unspecified atom stereocenters. The van der Waals surface area contributed by atoms with Gasteiger partial charge in [0.2, 0.25) is 5.95 Å². The number of nitrogens with zero attached hydrogens (tertiary/aromatic N) is 2. The third-order valence-corrected chi connectivity index (χ3v) is 6.31. The van der Waals surface area contributed by atoms with Gasteiger partial charge in [0, 0.05) is 18.0 Å². The molecule has 2 aliphatic rings. The minimum absolute atomic E-state index is 0.00494. The maximum atomic E-state index is 13.5. The van der Waals surface area contributed by atoms with E-state index in [1.54, 1.807) is 13.4 Å². The van der Waals surface area contributed by atoms with Gasteiger partial charge in [0.15, 0.2) is 0 Å². The highest BCUT2D eigenvalue weighted by atomic mass is 16.5. The van der Waals surface area contributed by atoms with Gasteiger partial charge < -0.3 is 14.5 Å². The van der Waals surface area contributed by atoms with Crippen LogP contribution in [0.3, 0.4) is 0 Å². The maximum Gasteiger partial charge on any atom is 0.208 e. The van der Waals surface area contributed by atoms with Crippen LogP contribution in [0.4, 0.5) is 5.95 Å². The third-order valence-electron chi connectivity index (χ3n) is 6.31. The van der Waals surface area contributed by atoms with Crippen LogP contribution in [0.25, 0.3) is 11.0 Å². The molecule has 6 heteroatoms. The minimum atomic E-state index is -0.342. The molecule has 0 amide bonds. The summed E-state index contributed by atoms with van der Waals surface area (Å²) in [5.74, 6) is 2.15. The van der Waals surface area contributed by atoms with Crippen LogP contribution in [0, 0.1) is 5.92 Å². The number of hydrogen-bond donors (Lipinski definition) is 1. The second-order valence-electron chi connectivity index (χ2n) is 8.03. The highest BCUT2D eigenvalue weighted by Crippen LogP contribution is 2.46. The number of imidazole rings is 1. The lowest BCUT2D eigenvalue weighted by atomic mass is 9.76. The van der Waals surface area contributed by atoms with E-state index in [0.717, 1.165) is 39.8 Å². The number of anilines is 1. The summed E-state index contributed by atoms with van der Waals surface area (Å²) in [6.45, 7) is 0. The van der Waals surface area contributed by atoms with Crippen molar-refractivity contribution in [3.05, 3.63) is 90.0 Å². The highest BCUT2D eigenvalue weighted by Gasteiger charge is 2.44. The summed E-state index contributed by atoms with van der Waals surface area (Å²) in [6, 6.07) is 19.4. The number of fused-ring (bicyclic) bond motifs is 4. The van der Waals surface area contributed by atoms with Gasteiger partial charge >= 0.3 is 0 Å². The standard InChI is InChI=1S/C25H21N3O3/c1-30-17-10-8-15(9-11-17)16-13-19-23(21(29)14-16)24(22-7-4-12-31-22)28-20-6-3-2-5-18(20)26-25(28)27-19/h2-13,16,23-24H,14H2,1H3,(H,26,27)/t16-,23+,24+/m0/s1. The van der Waals surface area contributed by atoms with Crippen LogP contribution in [0.5, 0.6) is 5.75 Å². The molecule has 0 saturated heterocycles. The Labute approximate surface area is 179 Å². The van der Waals surface area contributed by atoms with Crippen molar-refractivity contribution in [1.82, 2.24) is 9.55 Å². The molecule has 4 aromatic rings. The van der Waals surface area contributed by atoms with Gasteiger partial charge in [-0.2, -0.15) is 0 Å². The molecule has 1 aliphatic carbocycles. The molecule has 6 nitrogen and oxygen atoms in total. The van der Waals surface area contributed by atoms with Crippen LogP contribution in [-0.4, -0.2) is 22.4 Å². The predicted octanol–water partition coefficient (Wildman–Crippen LogP) is 4.91. The number of ketones is 1. The summed E-state index contributed by atoms with van der Waals surface area (Å²) in [7, 11) is 1.65. The smallest absolute Gasteiger partial charge is 0.208 e. The quantitative estimate of drug-likeness (QED) is 0.519. The van der Waals surface area contributed by atoms with Crippen molar-refractivity contribution in [2.75, 3.05) is 12.4 Å². The number of methoxy groups -OCH3 is 1. The Morgan fingerprint density at radius 1 is 1.10 bits per heavy atom. The first-order valence-corrected chi connectivity index (χ1v) is 10.4. The largest absolute Gasteiger partial charge is 0.497 e. The molecule has 0 bridgehead atoms. The van der Waals surface area contributed by atoms with E-state index < -0.39 is 0 Å². The molecule has 0 saturated carbocycles. The molecule has 6 rings (SSSR count). The molecule has 2 aromatic carbocycles. The molecule has 0 fully saturated rings. The van der Waals surface area contributed by atoms with Gasteiger partial charge in [-0.15, -0.1) is 0 Å². The molecule has 154 valence electrons. The first-order valence-electron chi connectivity index (χ1n) is 10.4. The average Bonchev–Trinajstić information content (AvgIpc) is 3.45. The number of ether oxygens (including phenoxy) is 1. The summed E-state index contributed by atoms with van der Waals surface area (Å²) >= 11 is 0. The number of carbonyl (C=O) groups excluding carboxylic acids is 1. The van der Waals surface area contributed by atoms with Gasteiger partial charge in [-0.25, -0.2) is 4.98 Å². The van der Waals surface area contributed by atoms with E-state index in [1.165, 1.54) is 0 Å². The molecular weight excluding hydrogens is 390 g/mol. The molecule has 1 aliphatic heterocycles. The zero-order valence-corrected chi connectivity index (χ0v) is 17.0. The van der Waals surface area contributed by atoms with Gasteiger partial charge in [0.1, 0.15) is 23.3 Å². The minimum Gasteiger partial charge on any atom is -0.497 e. The Morgan fingerprint density at radius 2 is 1.94 bits per heavy atom. The molecule has 0 radical (unpaired) electrons. The van der Waals surface area contributed by atoms with E-state index in [2.05, 4.69) is 16.0 Å². The lowest BCUT2D eigenvalue weighted by molar-refractivity contribution is -0.123. The lowest BCUT2D eigenvalue weighted by Gasteiger charge is -2.38. The maximum absolute atomic E-state index is 13.5. The molecule has 31 heavy (non-hydrogen) atoms. The summed E-state index contributed by atoms with van der Waals surface area (Å²) in [4.78, 5) is 18.3. The SMILES string of the molecule is COc1ccc([C@H]2C=C3Nc4nc5ccccc5n4[C@H](c4ccco4)[C@H]3C(=O)C2)cc1. The number of benzene rings is 2. The fourth-order valence-electron chi connectivity index (χ4n) is 4.87. The van der Waals surface area contributed by atoms with Crippen molar-refractivity contribution in [2.24, 2.45) is 5.92 Å². The fourth-order valence-corrected chi connectivity index (χ4v) is 4.87. The van der Waals surface area contributed by atoms with Gasteiger partial charge in [-0.3, -0.25) is 9.36 Å². The first kappa shape index (κ1) is 18.0. The highest BCUT2D eigenvalue weighted by molar-refractivity contribution is 5.90. The molecule has 3 heterocycles. The molecule has 2 aromatic heterocycles. The van der Waals surface area contributed by atoms with E-state index in [-0.39, 0.29) is 23.7 Å². The van der Waals surface area contributed by atoms with Gasteiger partial charge in [-0.05, 0) is 42.0 Å². The van der Waals surface area contributed by atoms with Crippen molar-refractivity contribution >= 4 is 22.8 Å². The number of furan rings is 1. The molecule has 1 N–H and O–H groups in total. The van der Waals surface area contributed by atoms with Crippen LogP contribution >= 0.6 is 0 Å². The fraction of sp³-hybridized carbons (Fsp3) is 0.200. The van der Waals surface area contributed by atoms with Crippen molar-refractivity contribution in [3.8, 4) is 5.75 Å². The first-order chi connectivity index (χ1) is 15.2. The van der Waals surface area contributed by atoms with Crippen molar-refractivity contribution in [1.29, 1.82) is 0 Å². The summed E-state index contributed by atoms with van der Waals surface area (Å²) in [5.41, 5.74) is 3.85. The second kappa shape index (κ2) is 6.87. The Kier molecular flexibility index (Phi) is 3.99. The average molecular weight is 411 g/mol. The number of hydrogen-bond acceptors (Lipinski definition) is 5. The lowest BCUT2D eigenvalue weighted by Crippen LogP contribution is -2.39. The number of para-hydroxylation sites is 2. The third kappa shape index (κ3) is 2.79. The number of nitrogens with one attached hydrogen (secondary N) is 1. The van der Waals surface area contributed by atoms with E-state index in [4.69, 9.17) is 14.1 Å². The van der Waals surface area contributed by atoms with Crippen LogP contribution in [0.15, 0.2) is 83.1 Å². The van der Waals surface area contributed by atoms with Crippen molar-refractivity contribution in [3.63, 3.8) is 0 Å². The van der Waals surface area contributed by atoms with E-state index in [0.29, 0.717) is 6.42 Å². The van der Waals surface area contributed by atoms with Crippen LogP contribution in [-0.2, 0) is 4.79 Å². The normalized spacial score (nSPS) is 22.4. The summed E-state index contributed by atoms with van der Waals surface area (Å²) in [5, 5.41) is 3.46. The zero-order chi connectivity index (χ0) is 20.9. The zero-order valence-electron chi connectivity index (χ0n) is 17.0. The van der Waals surface area contributed by atoms with Crippen molar-refractivity contribution < 1.29 is 13.9 Å². The number of rotatable bonds is 3. The molecular formula is C25H21N3O3. The Morgan fingerprint density at radius 3 is 2.71 bits per heavy atom. The van der Waals surface area contributed by atoms with Crippen LogP contribution in [0.2, 0.25) is 0 Å². The number of Topliss-reactive ketones (excluding diaryl/α,β-unsaturated/α-hetero) is 1. The summed E-state index contributed by atoms with van der Waals surface area (Å²) in [6.07, 6.45) is 4.28. The van der Waals surface area contributed by atoms with Gasteiger partial charge in [0.05, 0.1) is 30.3 Å². The monoisotopic (exact) mass is 411 g/mol. The van der Waals surface area contributed by atoms with E-state index in [9.17, 15) is 4.79 Å². The van der Waals surface area contributed by atoms with Crippen molar-refractivity contribution in [2.45, 2.75) is 18.4 Å².